The Bertz CT molecular complexity index is 846. The molecule has 3 aromatic rings. The summed E-state index contributed by atoms with van der Waals surface area (Å²) in [6.45, 7) is 0. The van der Waals surface area contributed by atoms with E-state index in [-0.39, 0.29) is 5.71 Å². The number of nitriles is 1. The fraction of sp³-hybridized carbons (Fsp3) is 0. The van der Waals surface area contributed by atoms with Crippen LogP contribution in [0.1, 0.15) is 5.01 Å². The van der Waals surface area contributed by atoms with E-state index in [9.17, 15) is 0 Å². The number of nitrogens with two attached hydrogens (primary N) is 1. The Morgan fingerprint density at radius 2 is 1.82 bits per heavy atom. The molecular formula is C15H10N6S. The largest absolute Gasteiger partial charge is 0.322 e. The first kappa shape index (κ1) is 13.9. The topological polar surface area (TPSA) is 101 Å². The zero-order valence-corrected chi connectivity index (χ0v) is 12.2. The molecule has 0 unspecified atom stereocenters. The lowest BCUT2D eigenvalue weighted by atomic mass is 10.1. The molecule has 3 rings (SSSR count). The molecule has 22 heavy (non-hydrogen) atoms. The lowest BCUT2D eigenvalue weighted by Gasteiger charge is -2.01. The fourth-order valence-corrected chi connectivity index (χ4v) is 2.66. The van der Waals surface area contributed by atoms with E-state index in [1.807, 2.05) is 35.7 Å². The van der Waals surface area contributed by atoms with E-state index in [0.29, 0.717) is 10.8 Å². The highest BCUT2D eigenvalue weighted by Gasteiger charge is 2.10. The van der Waals surface area contributed by atoms with Crippen molar-refractivity contribution >= 4 is 17.0 Å². The molecule has 7 heteroatoms. The molecule has 0 aliphatic rings. The summed E-state index contributed by atoms with van der Waals surface area (Å²) >= 11 is 1.33. The molecular weight excluding hydrogens is 296 g/mol. The summed E-state index contributed by atoms with van der Waals surface area (Å²) in [5.74, 6) is 5.84. The van der Waals surface area contributed by atoms with Gasteiger partial charge >= 0.3 is 0 Å². The quantitative estimate of drug-likeness (QED) is 0.455. The Balaban J connectivity index is 1.90. The first-order chi connectivity index (χ1) is 10.8. The van der Waals surface area contributed by atoms with Crippen LogP contribution in [0.5, 0.6) is 0 Å². The highest BCUT2D eigenvalue weighted by Crippen LogP contribution is 2.24. The van der Waals surface area contributed by atoms with Crippen molar-refractivity contribution in [3.63, 3.8) is 0 Å². The number of hydrogen-bond acceptors (Lipinski definition) is 7. The summed E-state index contributed by atoms with van der Waals surface area (Å²) < 4.78 is 0. The van der Waals surface area contributed by atoms with Gasteiger partial charge < -0.3 is 5.84 Å². The SMILES string of the molecule is N#C/C(=N\N)c1nc(-c2ccc(-c3ncccn3)cc2)cs1. The Labute approximate surface area is 130 Å². The maximum atomic E-state index is 8.91. The van der Waals surface area contributed by atoms with Gasteiger partial charge in [0.1, 0.15) is 6.07 Å². The highest BCUT2D eigenvalue weighted by atomic mass is 32.1. The second kappa shape index (κ2) is 6.11. The van der Waals surface area contributed by atoms with Crippen LogP contribution in [-0.4, -0.2) is 20.7 Å². The van der Waals surface area contributed by atoms with Crippen LogP contribution in [-0.2, 0) is 0 Å². The van der Waals surface area contributed by atoms with Crippen molar-refractivity contribution in [3.05, 3.63) is 53.1 Å². The van der Waals surface area contributed by atoms with Gasteiger partial charge in [0.15, 0.2) is 16.5 Å². The minimum absolute atomic E-state index is 0.130. The maximum absolute atomic E-state index is 8.91. The number of rotatable bonds is 3. The highest BCUT2D eigenvalue weighted by molar-refractivity contribution is 7.12. The van der Waals surface area contributed by atoms with Crippen molar-refractivity contribution in [2.24, 2.45) is 10.9 Å². The third-order valence-electron chi connectivity index (χ3n) is 2.95. The normalized spacial score (nSPS) is 11.1. The van der Waals surface area contributed by atoms with Gasteiger partial charge in [0.2, 0.25) is 0 Å². The van der Waals surface area contributed by atoms with Gasteiger partial charge in [-0.15, -0.1) is 11.3 Å². The van der Waals surface area contributed by atoms with Gasteiger partial charge in [-0.25, -0.2) is 15.0 Å². The molecule has 0 amide bonds. The molecule has 1 aromatic carbocycles. The van der Waals surface area contributed by atoms with Gasteiger partial charge in [-0.2, -0.15) is 10.4 Å². The van der Waals surface area contributed by atoms with E-state index in [1.54, 1.807) is 18.5 Å². The zero-order valence-electron chi connectivity index (χ0n) is 11.3. The van der Waals surface area contributed by atoms with E-state index in [4.69, 9.17) is 11.1 Å². The molecule has 2 heterocycles. The molecule has 0 fully saturated rings. The molecule has 0 spiro atoms. The summed E-state index contributed by atoms with van der Waals surface area (Å²) in [4.78, 5) is 12.8. The van der Waals surface area contributed by atoms with Gasteiger partial charge in [0, 0.05) is 28.9 Å². The summed E-state index contributed by atoms with van der Waals surface area (Å²) in [5, 5.41) is 14.7. The summed E-state index contributed by atoms with van der Waals surface area (Å²) in [7, 11) is 0. The van der Waals surface area contributed by atoms with E-state index in [2.05, 4.69) is 20.1 Å². The van der Waals surface area contributed by atoms with Crippen LogP contribution in [0.4, 0.5) is 0 Å². The van der Waals surface area contributed by atoms with Crippen LogP contribution in [0.2, 0.25) is 0 Å². The number of hydrogen-bond donors (Lipinski definition) is 1. The van der Waals surface area contributed by atoms with Crippen molar-refractivity contribution < 1.29 is 0 Å². The average molecular weight is 306 g/mol. The summed E-state index contributed by atoms with van der Waals surface area (Å²) in [6.07, 6.45) is 3.41. The molecule has 2 N–H and O–H groups in total. The number of thiazole rings is 1. The molecule has 0 radical (unpaired) electrons. The van der Waals surface area contributed by atoms with Gasteiger partial charge in [0.25, 0.3) is 0 Å². The number of nitrogens with zero attached hydrogens (tertiary/aromatic N) is 5. The zero-order chi connectivity index (χ0) is 15.4. The third kappa shape index (κ3) is 2.68. The monoisotopic (exact) mass is 306 g/mol. The Kier molecular flexibility index (Phi) is 3.85. The van der Waals surface area contributed by atoms with Gasteiger partial charge in [-0.3, -0.25) is 0 Å². The minimum atomic E-state index is 0.130. The van der Waals surface area contributed by atoms with Gasteiger partial charge in [-0.05, 0) is 6.07 Å². The van der Waals surface area contributed by atoms with Crippen LogP contribution in [0.25, 0.3) is 22.6 Å². The number of hydrazone groups is 1. The summed E-state index contributed by atoms with van der Waals surface area (Å²) in [5.41, 5.74) is 2.78. The molecule has 6 nitrogen and oxygen atoms in total. The van der Waals surface area contributed by atoms with Crippen molar-refractivity contribution in [1.82, 2.24) is 15.0 Å². The minimum Gasteiger partial charge on any atom is -0.322 e. The molecule has 0 bridgehead atoms. The molecule has 2 aromatic heterocycles. The predicted molar refractivity (Wildman–Crippen MR) is 84.9 cm³/mol. The first-order valence-electron chi connectivity index (χ1n) is 6.33. The second-order valence-electron chi connectivity index (χ2n) is 4.28. The average Bonchev–Trinajstić information content (AvgIpc) is 3.07. The fourth-order valence-electron chi connectivity index (χ4n) is 1.89. The lowest BCUT2D eigenvalue weighted by molar-refractivity contribution is 1.18. The second-order valence-corrected chi connectivity index (χ2v) is 5.14. The summed E-state index contributed by atoms with van der Waals surface area (Å²) in [6, 6.07) is 11.5. The van der Waals surface area contributed by atoms with Gasteiger partial charge in [0.05, 0.1) is 5.69 Å². The first-order valence-corrected chi connectivity index (χ1v) is 7.21. The van der Waals surface area contributed by atoms with Crippen LogP contribution >= 0.6 is 11.3 Å². The molecule has 106 valence electrons. The van der Waals surface area contributed by atoms with E-state index in [0.717, 1.165) is 16.8 Å². The Hall–Kier alpha value is -3.11. The van der Waals surface area contributed by atoms with Crippen LogP contribution in [0.3, 0.4) is 0 Å². The van der Waals surface area contributed by atoms with Crippen molar-refractivity contribution in [2.75, 3.05) is 0 Å². The molecule has 0 atom stereocenters. The van der Waals surface area contributed by atoms with Crippen molar-refractivity contribution in [3.8, 4) is 28.7 Å². The molecule has 0 aliphatic carbocycles. The Morgan fingerprint density at radius 3 is 2.45 bits per heavy atom. The van der Waals surface area contributed by atoms with Gasteiger partial charge in [-0.1, -0.05) is 24.3 Å². The third-order valence-corrected chi connectivity index (χ3v) is 3.80. The maximum Gasteiger partial charge on any atom is 0.195 e. The van der Waals surface area contributed by atoms with Crippen LogP contribution in [0.15, 0.2) is 53.2 Å². The van der Waals surface area contributed by atoms with Crippen molar-refractivity contribution in [1.29, 1.82) is 5.26 Å². The van der Waals surface area contributed by atoms with E-state index in [1.165, 1.54) is 11.3 Å². The molecule has 0 saturated heterocycles. The van der Waals surface area contributed by atoms with Crippen LogP contribution in [0, 0.1) is 11.3 Å². The molecule has 0 aliphatic heterocycles. The van der Waals surface area contributed by atoms with E-state index < -0.39 is 0 Å². The standard InChI is InChI=1S/C15H10N6S/c16-8-12(21-17)15-20-13(9-22-15)10-2-4-11(5-3-10)14-18-6-1-7-19-14/h1-7,9H,17H2/b21-12+. The van der Waals surface area contributed by atoms with Crippen LogP contribution < -0.4 is 5.84 Å². The number of aromatic nitrogens is 3. The molecule has 0 saturated carbocycles. The number of benzene rings is 1. The lowest BCUT2D eigenvalue weighted by Crippen LogP contribution is -2.00. The van der Waals surface area contributed by atoms with E-state index >= 15 is 0 Å². The predicted octanol–water partition coefficient (Wildman–Crippen LogP) is 2.45. The Morgan fingerprint density at radius 1 is 1.14 bits per heavy atom. The van der Waals surface area contributed by atoms with Crippen molar-refractivity contribution in [2.45, 2.75) is 0 Å². The smallest absolute Gasteiger partial charge is 0.195 e.